The summed E-state index contributed by atoms with van der Waals surface area (Å²) in [6.45, 7) is 1.87. The van der Waals surface area contributed by atoms with Gasteiger partial charge in [-0.25, -0.2) is 0 Å². The number of nitrogens with zero attached hydrogens (tertiary/aromatic N) is 3. The molecule has 0 saturated heterocycles. The molecule has 76 valence electrons. The molecule has 2 rings (SSSR count). The number of aromatic nitrogens is 3. The summed E-state index contributed by atoms with van der Waals surface area (Å²) in [4.78, 5) is 15.7. The van der Waals surface area contributed by atoms with Crippen LogP contribution in [0.2, 0.25) is 0 Å². The molecule has 2 aromatic heterocycles. The van der Waals surface area contributed by atoms with Crippen LogP contribution < -0.4 is 5.32 Å². The number of carbonyl (C=O) groups excluding carboxylic acids is 1. The second-order valence-corrected chi connectivity index (χ2v) is 3.71. The molecule has 1 amide bonds. The quantitative estimate of drug-likeness (QED) is 0.832. The van der Waals surface area contributed by atoms with Gasteiger partial charge < -0.3 is 5.32 Å². The van der Waals surface area contributed by atoms with E-state index in [0.717, 1.165) is 17.2 Å². The van der Waals surface area contributed by atoms with Gasteiger partial charge in [0, 0.05) is 23.4 Å². The summed E-state index contributed by atoms with van der Waals surface area (Å²) >= 11 is 1.14. The van der Waals surface area contributed by atoms with Crippen LogP contribution in [0, 0.1) is 6.92 Å². The average Bonchev–Trinajstić information content (AvgIpc) is 2.71. The highest BCUT2D eigenvalue weighted by Crippen LogP contribution is 2.11. The zero-order valence-electron chi connectivity index (χ0n) is 7.97. The zero-order valence-corrected chi connectivity index (χ0v) is 8.78. The number of nitrogens with one attached hydrogen (secondary N) is 1. The smallest absolute Gasteiger partial charge is 0.257 e. The fourth-order valence-electron chi connectivity index (χ4n) is 1.01. The maximum Gasteiger partial charge on any atom is 0.257 e. The normalized spacial score (nSPS) is 9.93. The van der Waals surface area contributed by atoms with Crippen molar-refractivity contribution in [2.75, 3.05) is 5.32 Å². The molecule has 0 aromatic carbocycles. The number of amides is 1. The van der Waals surface area contributed by atoms with E-state index in [1.807, 2.05) is 6.92 Å². The molecule has 0 spiro atoms. The van der Waals surface area contributed by atoms with Crippen LogP contribution in [0.4, 0.5) is 5.00 Å². The summed E-state index contributed by atoms with van der Waals surface area (Å²) < 4.78 is 3.64. The lowest BCUT2D eigenvalue weighted by Gasteiger charge is -2.00. The Labute approximate surface area is 90.3 Å². The molecule has 0 aliphatic carbocycles. The highest BCUT2D eigenvalue weighted by Gasteiger charge is 2.06. The fraction of sp³-hybridized carbons (Fsp3) is 0.111. The Morgan fingerprint density at radius 1 is 1.40 bits per heavy atom. The largest absolute Gasteiger partial charge is 0.311 e. The van der Waals surface area contributed by atoms with E-state index in [0.29, 0.717) is 10.6 Å². The van der Waals surface area contributed by atoms with Crippen LogP contribution in [0.3, 0.4) is 0 Å². The Kier molecular flexibility index (Phi) is 2.68. The molecule has 0 aliphatic heterocycles. The summed E-state index contributed by atoms with van der Waals surface area (Å²) in [6.07, 6.45) is 3.04. The first-order valence-corrected chi connectivity index (χ1v) is 5.04. The first-order valence-electron chi connectivity index (χ1n) is 4.27. The monoisotopic (exact) mass is 220 g/mol. The number of hydrogen-bond donors (Lipinski definition) is 1. The van der Waals surface area contributed by atoms with E-state index in [2.05, 4.69) is 19.9 Å². The molecular formula is C9H8N4OS. The molecule has 1 N–H and O–H groups in total. The van der Waals surface area contributed by atoms with Crippen molar-refractivity contribution in [2.45, 2.75) is 6.92 Å². The Bertz CT molecular complexity index is 451. The van der Waals surface area contributed by atoms with Gasteiger partial charge in [0.05, 0.1) is 11.8 Å². The molecule has 0 atom stereocenters. The molecule has 2 heterocycles. The molecule has 0 aliphatic rings. The maximum absolute atomic E-state index is 11.6. The number of aryl methyl sites for hydroxylation is 1. The topological polar surface area (TPSA) is 67.8 Å². The number of carbonyl (C=O) groups is 1. The van der Waals surface area contributed by atoms with E-state index < -0.39 is 0 Å². The molecular weight excluding hydrogens is 212 g/mol. The Hall–Kier alpha value is -1.82. The van der Waals surface area contributed by atoms with Crippen molar-refractivity contribution in [2.24, 2.45) is 0 Å². The third-order valence-electron chi connectivity index (χ3n) is 1.77. The number of pyridine rings is 1. The second kappa shape index (κ2) is 4.14. The van der Waals surface area contributed by atoms with Crippen molar-refractivity contribution in [3.8, 4) is 0 Å². The summed E-state index contributed by atoms with van der Waals surface area (Å²) in [5.41, 5.74) is 1.40. The van der Waals surface area contributed by atoms with Crippen molar-refractivity contribution in [3.63, 3.8) is 0 Å². The SMILES string of the molecule is Cc1ccc(C(=O)Nc2cnns2)cn1. The van der Waals surface area contributed by atoms with Crippen LogP contribution in [-0.4, -0.2) is 20.5 Å². The van der Waals surface area contributed by atoms with Crippen LogP contribution in [0.1, 0.15) is 16.1 Å². The lowest BCUT2D eigenvalue weighted by molar-refractivity contribution is 0.102. The van der Waals surface area contributed by atoms with Gasteiger partial charge in [0.1, 0.15) is 5.00 Å². The molecule has 0 radical (unpaired) electrons. The molecule has 6 heteroatoms. The summed E-state index contributed by atoms with van der Waals surface area (Å²) in [6, 6.07) is 3.52. The minimum Gasteiger partial charge on any atom is -0.311 e. The third-order valence-corrected chi connectivity index (χ3v) is 2.35. The van der Waals surface area contributed by atoms with Gasteiger partial charge in [-0.05, 0) is 19.1 Å². The van der Waals surface area contributed by atoms with E-state index in [1.165, 1.54) is 6.20 Å². The molecule has 15 heavy (non-hydrogen) atoms. The van der Waals surface area contributed by atoms with Crippen LogP contribution in [-0.2, 0) is 0 Å². The van der Waals surface area contributed by atoms with E-state index in [9.17, 15) is 4.79 Å². The fourth-order valence-corrected chi connectivity index (χ4v) is 1.42. The van der Waals surface area contributed by atoms with Gasteiger partial charge in [-0.2, -0.15) is 0 Å². The second-order valence-electron chi connectivity index (χ2n) is 2.92. The molecule has 0 bridgehead atoms. The zero-order chi connectivity index (χ0) is 10.7. The van der Waals surface area contributed by atoms with Crippen LogP contribution in [0.25, 0.3) is 0 Å². The third kappa shape index (κ3) is 2.35. The van der Waals surface area contributed by atoms with Gasteiger partial charge in [0.25, 0.3) is 5.91 Å². The number of hydrogen-bond acceptors (Lipinski definition) is 5. The molecule has 0 unspecified atom stereocenters. The lowest BCUT2D eigenvalue weighted by atomic mass is 10.2. The first-order chi connectivity index (χ1) is 7.25. The Morgan fingerprint density at radius 3 is 2.87 bits per heavy atom. The van der Waals surface area contributed by atoms with E-state index >= 15 is 0 Å². The van der Waals surface area contributed by atoms with Gasteiger partial charge in [0.2, 0.25) is 0 Å². The minimum absolute atomic E-state index is 0.200. The molecule has 0 fully saturated rings. The van der Waals surface area contributed by atoms with Gasteiger partial charge >= 0.3 is 0 Å². The van der Waals surface area contributed by atoms with Crippen molar-refractivity contribution >= 4 is 22.4 Å². The van der Waals surface area contributed by atoms with Crippen molar-refractivity contribution in [3.05, 3.63) is 35.8 Å². The predicted octanol–water partition coefficient (Wildman–Crippen LogP) is 1.49. The van der Waals surface area contributed by atoms with E-state index in [4.69, 9.17) is 0 Å². The number of rotatable bonds is 2. The summed E-state index contributed by atoms with van der Waals surface area (Å²) in [5, 5.41) is 6.92. The van der Waals surface area contributed by atoms with E-state index in [1.54, 1.807) is 18.3 Å². The van der Waals surface area contributed by atoms with Gasteiger partial charge in [-0.1, -0.05) is 4.49 Å². The lowest BCUT2D eigenvalue weighted by Crippen LogP contribution is -2.11. The van der Waals surface area contributed by atoms with Crippen LogP contribution in [0.5, 0.6) is 0 Å². The van der Waals surface area contributed by atoms with Crippen molar-refractivity contribution in [1.29, 1.82) is 0 Å². The summed E-state index contributed by atoms with van der Waals surface area (Å²) in [5.74, 6) is -0.200. The first kappa shape index (κ1) is 9.72. The highest BCUT2D eigenvalue weighted by atomic mass is 32.1. The minimum atomic E-state index is -0.200. The molecule has 2 aromatic rings. The number of anilines is 1. The maximum atomic E-state index is 11.6. The highest BCUT2D eigenvalue weighted by molar-refractivity contribution is 7.10. The Balaban J connectivity index is 2.11. The van der Waals surface area contributed by atoms with Gasteiger partial charge in [-0.15, -0.1) is 5.10 Å². The standard InChI is InChI=1S/C9H8N4OS/c1-6-2-3-7(4-10-6)9(14)12-8-5-11-13-15-8/h2-5H,1H3,(H,12,14). The van der Waals surface area contributed by atoms with Crippen LogP contribution in [0.15, 0.2) is 24.5 Å². The average molecular weight is 220 g/mol. The predicted molar refractivity (Wildman–Crippen MR) is 56.8 cm³/mol. The molecule has 5 nitrogen and oxygen atoms in total. The summed E-state index contributed by atoms with van der Waals surface area (Å²) in [7, 11) is 0. The van der Waals surface area contributed by atoms with Crippen molar-refractivity contribution in [1.82, 2.24) is 14.6 Å². The van der Waals surface area contributed by atoms with Crippen LogP contribution >= 0.6 is 11.5 Å². The molecule has 0 saturated carbocycles. The Morgan fingerprint density at radius 2 is 2.27 bits per heavy atom. The van der Waals surface area contributed by atoms with E-state index in [-0.39, 0.29) is 5.91 Å². The van der Waals surface area contributed by atoms with Gasteiger partial charge in [-0.3, -0.25) is 9.78 Å². The van der Waals surface area contributed by atoms with Crippen molar-refractivity contribution < 1.29 is 4.79 Å². The van der Waals surface area contributed by atoms with Gasteiger partial charge in [0.15, 0.2) is 0 Å².